The summed E-state index contributed by atoms with van der Waals surface area (Å²) in [4.78, 5) is 16.7. The molecule has 1 aliphatic rings. The van der Waals surface area contributed by atoms with E-state index in [1.165, 1.54) is 30.6 Å². The zero-order valence-corrected chi connectivity index (χ0v) is 15.2. The molecule has 2 heterocycles. The van der Waals surface area contributed by atoms with Crippen LogP contribution >= 0.6 is 11.8 Å². The van der Waals surface area contributed by atoms with Crippen molar-refractivity contribution < 1.29 is 14.6 Å². The van der Waals surface area contributed by atoms with Gasteiger partial charge in [0.05, 0.1) is 12.7 Å². The molecule has 25 heavy (non-hydrogen) atoms. The third-order valence-corrected chi connectivity index (χ3v) is 5.22. The summed E-state index contributed by atoms with van der Waals surface area (Å²) in [5.74, 6) is 5.73. The number of pyridine rings is 1. The van der Waals surface area contributed by atoms with Gasteiger partial charge in [0, 0.05) is 16.7 Å². The SMILES string of the molecule is COC(=O)c1ccc(C#Cc2ccc3c(c2)C(C)(C)CC(O)S3)nc1. The van der Waals surface area contributed by atoms with Gasteiger partial charge in [0.15, 0.2) is 0 Å². The average Bonchev–Trinajstić information content (AvgIpc) is 2.59. The maximum absolute atomic E-state index is 11.4. The lowest BCUT2D eigenvalue weighted by molar-refractivity contribution is 0.0600. The summed E-state index contributed by atoms with van der Waals surface area (Å²) in [6, 6.07) is 9.41. The molecule has 1 unspecified atom stereocenters. The zero-order chi connectivity index (χ0) is 18.0. The first-order valence-corrected chi connectivity index (χ1v) is 8.83. The van der Waals surface area contributed by atoms with Crippen molar-refractivity contribution in [3.8, 4) is 11.8 Å². The van der Waals surface area contributed by atoms with E-state index in [1.807, 2.05) is 12.1 Å². The number of aliphatic hydroxyl groups is 1. The molecule has 1 aromatic carbocycles. The minimum atomic E-state index is -0.413. The Labute approximate surface area is 151 Å². The van der Waals surface area contributed by atoms with Gasteiger partial charge in [0.25, 0.3) is 0 Å². The van der Waals surface area contributed by atoms with Gasteiger partial charge in [-0.3, -0.25) is 0 Å². The van der Waals surface area contributed by atoms with Gasteiger partial charge < -0.3 is 9.84 Å². The fraction of sp³-hybridized carbons (Fsp3) is 0.300. The fourth-order valence-corrected chi connectivity index (χ4v) is 4.22. The van der Waals surface area contributed by atoms with Crippen LogP contribution in [-0.2, 0) is 10.2 Å². The van der Waals surface area contributed by atoms with Gasteiger partial charge in [0.2, 0.25) is 0 Å². The highest BCUT2D eigenvalue weighted by atomic mass is 32.2. The lowest BCUT2D eigenvalue weighted by atomic mass is 9.80. The molecular formula is C20H19NO3S. The molecule has 5 heteroatoms. The first-order valence-electron chi connectivity index (χ1n) is 7.95. The quantitative estimate of drug-likeness (QED) is 0.629. The third kappa shape index (κ3) is 3.87. The van der Waals surface area contributed by atoms with E-state index in [4.69, 9.17) is 0 Å². The second-order valence-corrected chi connectivity index (χ2v) is 7.76. The number of carbonyl (C=O) groups is 1. The molecule has 1 N–H and O–H groups in total. The standard InChI is InChI=1S/C20H19NO3S/c1-20(2)11-18(22)25-17-9-5-13(10-16(17)20)4-7-15-8-6-14(12-21-15)19(23)24-3/h5-6,8-10,12,18,22H,11H2,1-3H3. The Morgan fingerprint density at radius 1 is 1.32 bits per heavy atom. The zero-order valence-electron chi connectivity index (χ0n) is 14.4. The van der Waals surface area contributed by atoms with Crippen LogP contribution in [0.25, 0.3) is 0 Å². The topological polar surface area (TPSA) is 59.4 Å². The van der Waals surface area contributed by atoms with Crippen LogP contribution in [0.5, 0.6) is 0 Å². The van der Waals surface area contributed by atoms with Crippen molar-refractivity contribution in [2.75, 3.05) is 7.11 Å². The smallest absolute Gasteiger partial charge is 0.339 e. The van der Waals surface area contributed by atoms with Crippen LogP contribution in [-0.4, -0.2) is 28.6 Å². The fourth-order valence-electron chi connectivity index (χ4n) is 2.82. The lowest BCUT2D eigenvalue weighted by Gasteiger charge is -2.34. The van der Waals surface area contributed by atoms with Gasteiger partial charge in [0.1, 0.15) is 11.1 Å². The number of aliphatic hydroxyl groups excluding tert-OH is 1. The molecule has 2 aromatic rings. The van der Waals surface area contributed by atoms with E-state index in [0.717, 1.165) is 16.9 Å². The number of esters is 1. The predicted molar refractivity (Wildman–Crippen MR) is 97.5 cm³/mol. The monoisotopic (exact) mass is 353 g/mol. The molecule has 128 valence electrons. The van der Waals surface area contributed by atoms with Gasteiger partial charge in [-0.25, -0.2) is 9.78 Å². The van der Waals surface area contributed by atoms with E-state index < -0.39 is 5.97 Å². The van der Waals surface area contributed by atoms with E-state index in [1.54, 1.807) is 12.1 Å². The second kappa shape index (κ2) is 6.91. The number of hydrogen-bond donors (Lipinski definition) is 1. The summed E-state index contributed by atoms with van der Waals surface area (Å²) in [7, 11) is 1.34. The van der Waals surface area contributed by atoms with Gasteiger partial charge in [-0.2, -0.15) is 0 Å². The number of ether oxygens (including phenoxy) is 1. The molecule has 0 saturated heterocycles. The maximum Gasteiger partial charge on any atom is 0.339 e. The van der Waals surface area contributed by atoms with Crippen LogP contribution in [0.4, 0.5) is 0 Å². The minimum Gasteiger partial charge on any atom is -0.465 e. The Morgan fingerprint density at radius 2 is 2.12 bits per heavy atom. The van der Waals surface area contributed by atoms with Crippen LogP contribution in [0.1, 0.15) is 47.4 Å². The third-order valence-electron chi connectivity index (χ3n) is 4.18. The minimum absolute atomic E-state index is 0.0852. The van der Waals surface area contributed by atoms with Crippen molar-refractivity contribution in [3.63, 3.8) is 0 Å². The molecule has 1 atom stereocenters. The normalized spacial score (nSPS) is 17.8. The molecule has 0 bridgehead atoms. The molecular weight excluding hydrogens is 334 g/mol. The second-order valence-electron chi connectivity index (χ2n) is 6.55. The van der Waals surface area contributed by atoms with Gasteiger partial charge in [-0.1, -0.05) is 31.5 Å². The van der Waals surface area contributed by atoms with Crippen molar-refractivity contribution in [2.24, 2.45) is 0 Å². The summed E-state index contributed by atoms with van der Waals surface area (Å²) in [6.45, 7) is 4.28. The highest BCUT2D eigenvalue weighted by molar-refractivity contribution is 7.99. The average molecular weight is 353 g/mol. The maximum atomic E-state index is 11.4. The number of benzene rings is 1. The number of rotatable bonds is 1. The molecule has 0 fully saturated rings. The van der Waals surface area contributed by atoms with E-state index in [0.29, 0.717) is 11.3 Å². The highest BCUT2D eigenvalue weighted by Crippen LogP contribution is 2.44. The van der Waals surface area contributed by atoms with E-state index >= 15 is 0 Å². The molecule has 1 aromatic heterocycles. The molecule has 3 rings (SSSR count). The summed E-state index contributed by atoms with van der Waals surface area (Å²) in [5, 5.41) is 9.99. The molecule has 1 aliphatic heterocycles. The number of fused-ring (bicyclic) bond motifs is 1. The molecule has 0 spiro atoms. The summed E-state index contributed by atoms with van der Waals surface area (Å²) in [5.41, 5.74) is 2.66. The molecule has 0 radical (unpaired) electrons. The first-order chi connectivity index (χ1) is 11.9. The number of nitrogens with zero attached hydrogens (tertiary/aromatic N) is 1. The van der Waals surface area contributed by atoms with Crippen LogP contribution in [0, 0.1) is 11.8 Å². The van der Waals surface area contributed by atoms with Crippen LogP contribution in [0.15, 0.2) is 41.4 Å². The molecule has 0 saturated carbocycles. The number of hydrogen-bond acceptors (Lipinski definition) is 5. The summed E-state index contributed by atoms with van der Waals surface area (Å²) < 4.78 is 4.65. The Bertz CT molecular complexity index is 863. The van der Waals surface area contributed by atoms with Crippen LogP contribution in [0.2, 0.25) is 0 Å². The van der Waals surface area contributed by atoms with E-state index in [-0.39, 0.29) is 10.9 Å². The number of methoxy groups -OCH3 is 1. The van der Waals surface area contributed by atoms with Crippen LogP contribution < -0.4 is 0 Å². The molecule has 4 nitrogen and oxygen atoms in total. The van der Waals surface area contributed by atoms with Crippen molar-refractivity contribution in [1.29, 1.82) is 0 Å². The van der Waals surface area contributed by atoms with Gasteiger partial charge >= 0.3 is 5.97 Å². The van der Waals surface area contributed by atoms with Gasteiger partial charge in [-0.05, 0) is 53.7 Å². The summed E-state index contributed by atoms with van der Waals surface area (Å²) in [6.07, 6.45) is 2.18. The predicted octanol–water partition coefficient (Wildman–Crippen LogP) is 3.36. The number of carbonyl (C=O) groups excluding carboxylic acids is 1. The number of aromatic nitrogens is 1. The van der Waals surface area contributed by atoms with E-state index in [9.17, 15) is 9.90 Å². The van der Waals surface area contributed by atoms with Crippen molar-refractivity contribution >= 4 is 17.7 Å². The first kappa shape index (κ1) is 17.5. The largest absolute Gasteiger partial charge is 0.465 e. The molecule has 0 amide bonds. The van der Waals surface area contributed by atoms with Crippen molar-refractivity contribution in [1.82, 2.24) is 4.98 Å². The van der Waals surface area contributed by atoms with Crippen molar-refractivity contribution in [3.05, 3.63) is 58.9 Å². The summed E-state index contributed by atoms with van der Waals surface area (Å²) >= 11 is 1.49. The Hall–Kier alpha value is -2.29. The Balaban J connectivity index is 1.86. The Kier molecular flexibility index (Phi) is 4.85. The van der Waals surface area contributed by atoms with Gasteiger partial charge in [-0.15, -0.1) is 0 Å². The Morgan fingerprint density at radius 3 is 2.80 bits per heavy atom. The van der Waals surface area contributed by atoms with Crippen molar-refractivity contribution in [2.45, 2.75) is 36.0 Å². The highest BCUT2D eigenvalue weighted by Gasteiger charge is 2.32. The lowest BCUT2D eigenvalue weighted by Crippen LogP contribution is -2.27. The van der Waals surface area contributed by atoms with Crippen LogP contribution in [0.3, 0.4) is 0 Å². The van der Waals surface area contributed by atoms with E-state index in [2.05, 4.69) is 41.5 Å². The number of thioether (sulfide) groups is 1. The molecule has 0 aliphatic carbocycles.